The molecule has 3 heterocycles. The van der Waals surface area contributed by atoms with Crippen molar-refractivity contribution in [2.45, 2.75) is 32.4 Å². The van der Waals surface area contributed by atoms with Gasteiger partial charge >= 0.3 is 11.5 Å². The van der Waals surface area contributed by atoms with Crippen molar-refractivity contribution in [3.05, 3.63) is 64.3 Å². The zero-order chi connectivity index (χ0) is 21.1. The topological polar surface area (TPSA) is 106 Å². The fraction of sp³-hybridized carbons (Fsp3) is 0.333. The molecule has 4 rings (SSSR count). The minimum Gasteiger partial charge on any atom is -0.481 e. The van der Waals surface area contributed by atoms with Gasteiger partial charge in [-0.3, -0.25) is 9.59 Å². The van der Waals surface area contributed by atoms with E-state index in [9.17, 15) is 19.5 Å². The number of hydrogen-bond donors (Lipinski definition) is 1. The van der Waals surface area contributed by atoms with Crippen LogP contribution in [0.25, 0.3) is 5.78 Å². The van der Waals surface area contributed by atoms with Crippen molar-refractivity contribution in [3.63, 3.8) is 0 Å². The molecule has 3 aromatic rings. The van der Waals surface area contributed by atoms with Crippen LogP contribution in [0, 0.1) is 0 Å². The van der Waals surface area contributed by atoms with Gasteiger partial charge in [0.05, 0.1) is 0 Å². The number of carbonyl (C=O) groups is 2. The van der Waals surface area contributed by atoms with Crippen molar-refractivity contribution in [1.82, 2.24) is 18.9 Å². The van der Waals surface area contributed by atoms with Crippen LogP contribution in [-0.4, -0.2) is 48.9 Å². The average Bonchev–Trinajstić information content (AvgIpc) is 3.17. The molecule has 0 unspecified atom stereocenters. The molecule has 1 saturated heterocycles. The van der Waals surface area contributed by atoms with Gasteiger partial charge in [0, 0.05) is 25.5 Å². The summed E-state index contributed by atoms with van der Waals surface area (Å²) in [6.45, 7) is 1.46. The van der Waals surface area contributed by atoms with E-state index in [1.807, 2.05) is 30.3 Å². The number of carboxylic acid groups (broad SMARTS) is 1. The van der Waals surface area contributed by atoms with Crippen molar-refractivity contribution in [3.8, 4) is 5.75 Å². The van der Waals surface area contributed by atoms with E-state index in [-0.39, 0.29) is 30.6 Å². The number of fused-ring (bicyclic) bond motifs is 1. The smallest absolute Gasteiger partial charge is 0.358 e. The molecule has 1 amide bonds. The lowest BCUT2D eigenvalue weighted by atomic mass is 10.1. The zero-order valence-corrected chi connectivity index (χ0v) is 16.4. The summed E-state index contributed by atoms with van der Waals surface area (Å²) in [5, 5.41) is 9.59. The standard InChI is InChI=1S/C21H22N4O5/c26-16(23-9-5-2-6-10-23)13-24-11-12-25-19(27)18(17(20(28)29)22-21(24)25)30-14-15-7-3-1-4-8-15/h1,3-4,7-8,11-12H,2,5-6,9-10,13-14H2,(H,28,29). The van der Waals surface area contributed by atoms with Gasteiger partial charge in [-0.05, 0) is 24.8 Å². The Morgan fingerprint density at radius 2 is 1.80 bits per heavy atom. The first kappa shape index (κ1) is 19.7. The van der Waals surface area contributed by atoms with Crippen LogP contribution < -0.4 is 10.3 Å². The van der Waals surface area contributed by atoms with E-state index in [1.54, 1.807) is 11.1 Å². The normalized spacial score (nSPS) is 14.1. The highest BCUT2D eigenvalue weighted by atomic mass is 16.5. The number of hydrogen-bond acceptors (Lipinski definition) is 5. The monoisotopic (exact) mass is 410 g/mol. The molecule has 0 radical (unpaired) electrons. The van der Waals surface area contributed by atoms with Gasteiger partial charge in [-0.15, -0.1) is 0 Å². The summed E-state index contributed by atoms with van der Waals surface area (Å²) in [7, 11) is 0. The highest BCUT2D eigenvalue weighted by Gasteiger charge is 2.23. The number of carbonyl (C=O) groups excluding carboxylic acids is 1. The Kier molecular flexibility index (Phi) is 5.51. The maximum atomic E-state index is 12.9. The second-order valence-electron chi connectivity index (χ2n) is 7.21. The van der Waals surface area contributed by atoms with Gasteiger partial charge in [0.1, 0.15) is 13.2 Å². The zero-order valence-electron chi connectivity index (χ0n) is 16.4. The number of carboxylic acids is 1. The summed E-state index contributed by atoms with van der Waals surface area (Å²) in [6.07, 6.45) is 6.08. The van der Waals surface area contributed by atoms with E-state index in [4.69, 9.17) is 4.74 Å². The van der Waals surface area contributed by atoms with Crippen LogP contribution in [0.4, 0.5) is 0 Å². The fourth-order valence-corrected chi connectivity index (χ4v) is 3.57. The van der Waals surface area contributed by atoms with Crippen LogP contribution in [0.2, 0.25) is 0 Å². The maximum absolute atomic E-state index is 12.9. The third-order valence-electron chi connectivity index (χ3n) is 5.15. The predicted octanol–water partition coefficient (Wildman–Crippen LogP) is 1.79. The van der Waals surface area contributed by atoms with Crippen LogP contribution in [0.15, 0.2) is 47.5 Å². The van der Waals surface area contributed by atoms with Crippen molar-refractivity contribution >= 4 is 17.7 Å². The molecule has 156 valence electrons. The van der Waals surface area contributed by atoms with E-state index in [0.29, 0.717) is 13.1 Å². The molecule has 0 bridgehead atoms. The first-order valence-electron chi connectivity index (χ1n) is 9.84. The number of piperidine rings is 1. The summed E-state index contributed by atoms with van der Waals surface area (Å²) >= 11 is 0. The molecular formula is C21H22N4O5. The van der Waals surface area contributed by atoms with Gasteiger partial charge < -0.3 is 19.3 Å². The molecule has 1 aliphatic rings. The highest BCUT2D eigenvalue weighted by Crippen LogP contribution is 2.16. The summed E-state index contributed by atoms with van der Waals surface area (Å²) in [5.41, 5.74) is -0.304. The maximum Gasteiger partial charge on any atom is 0.358 e. The molecule has 30 heavy (non-hydrogen) atoms. The van der Waals surface area contributed by atoms with Crippen LogP contribution in [0.1, 0.15) is 35.3 Å². The Hall–Kier alpha value is -3.62. The number of aromatic carboxylic acids is 1. The molecule has 1 fully saturated rings. The Morgan fingerprint density at radius 1 is 1.07 bits per heavy atom. The van der Waals surface area contributed by atoms with Gasteiger partial charge in [-0.2, -0.15) is 0 Å². The van der Waals surface area contributed by atoms with E-state index >= 15 is 0 Å². The first-order valence-corrected chi connectivity index (χ1v) is 9.84. The molecular weight excluding hydrogens is 388 g/mol. The van der Waals surface area contributed by atoms with Crippen molar-refractivity contribution in [2.24, 2.45) is 0 Å². The molecule has 1 aromatic carbocycles. The van der Waals surface area contributed by atoms with E-state index < -0.39 is 17.2 Å². The molecule has 0 atom stereocenters. The van der Waals surface area contributed by atoms with Crippen molar-refractivity contribution < 1.29 is 19.4 Å². The molecule has 0 spiro atoms. The SMILES string of the molecule is O=C(O)c1nc2n(CC(=O)N3CCCCC3)ccn2c(=O)c1OCc1ccccc1. The Morgan fingerprint density at radius 3 is 2.50 bits per heavy atom. The molecule has 2 aromatic heterocycles. The summed E-state index contributed by atoms with van der Waals surface area (Å²) < 4.78 is 8.24. The number of rotatable bonds is 6. The first-order chi connectivity index (χ1) is 14.5. The van der Waals surface area contributed by atoms with E-state index in [0.717, 1.165) is 24.8 Å². The third-order valence-corrected chi connectivity index (χ3v) is 5.15. The molecule has 9 nitrogen and oxygen atoms in total. The second-order valence-corrected chi connectivity index (χ2v) is 7.21. The lowest BCUT2D eigenvalue weighted by molar-refractivity contribution is -0.132. The highest BCUT2D eigenvalue weighted by molar-refractivity contribution is 5.89. The number of ether oxygens (including phenoxy) is 1. The molecule has 1 aliphatic heterocycles. The summed E-state index contributed by atoms with van der Waals surface area (Å²) in [4.78, 5) is 43.2. The van der Waals surface area contributed by atoms with Crippen LogP contribution >= 0.6 is 0 Å². The minimum atomic E-state index is -1.37. The Balaban J connectivity index is 1.65. The largest absolute Gasteiger partial charge is 0.481 e. The lowest BCUT2D eigenvalue weighted by Crippen LogP contribution is -2.37. The minimum absolute atomic E-state index is 0.00772. The van der Waals surface area contributed by atoms with Crippen molar-refractivity contribution in [1.29, 1.82) is 0 Å². The lowest BCUT2D eigenvalue weighted by Gasteiger charge is -2.26. The van der Waals surface area contributed by atoms with Gasteiger partial charge in [0.25, 0.3) is 0 Å². The van der Waals surface area contributed by atoms with Gasteiger partial charge in [0.15, 0.2) is 5.69 Å². The molecule has 0 saturated carbocycles. The predicted molar refractivity (Wildman–Crippen MR) is 108 cm³/mol. The summed E-state index contributed by atoms with van der Waals surface area (Å²) in [6, 6.07) is 9.12. The molecule has 0 aliphatic carbocycles. The van der Waals surface area contributed by atoms with Crippen molar-refractivity contribution in [2.75, 3.05) is 13.1 Å². The number of nitrogens with zero attached hydrogens (tertiary/aromatic N) is 4. The number of aromatic nitrogens is 3. The van der Waals surface area contributed by atoms with Gasteiger partial charge in [-0.25, -0.2) is 14.2 Å². The third kappa shape index (κ3) is 3.91. The number of likely N-dealkylation sites (tertiary alicyclic amines) is 1. The van der Waals surface area contributed by atoms with E-state index in [1.165, 1.54) is 15.2 Å². The number of imidazole rings is 1. The average molecular weight is 410 g/mol. The number of benzene rings is 1. The Labute approximate surface area is 172 Å². The summed E-state index contributed by atoms with van der Waals surface area (Å²) in [5.74, 6) is -1.69. The number of amides is 1. The van der Waals surface area contributed by atoms with Gasteiger partial charge in [0.2, 0.25) is 17.4 Å². The van der Waals surface area contributed by atoms with Crippen LogP contribution in [0.5, 0.6) is 5.75 Å². The van der Waals surface area contributed by atoms with E-state index in [2.05, 4.69) is 4.98 Å². The molecule has 1 N–H and O–H groups in total. The van der Waals surface area contributed by atoms with Crippen LogP contribution in [0.3, 0.4) is 0 Å². The fourth-order valence-electron chi connectivity index (χ4n) is 3.57. The molecule has 9 heteroatoms. The quantitative estimate of drug-likeness (QED) is 0.664. The Bertz CT molecular complexity index is 1130. The second kappa shape index (κ2) is 8.40. The van der Waals surface area contributed by atoms with Gasteiger partial charge in [-0.1, -0.05) is 30.3 Å². The van der Waals surface area contributed by atoms with Crippen LogP contribution in [-0.2, 0) is 17.9 Å².